The van der Waals surface area contributed by atoms with Gasteiger partial charge in [0.15, 0.2) is 5.82 Å². The monoisotopic (exact) mass is 400 g/mol. The van der Waals surface area contributed by atoms with E-state index >= 15 is 0 Å². The topological polar surface area (TPSA) is 50.3 Å². The molecule has 0 saturated carbocycles. The molecule has 1 atom stereocenters. The number of aryl methyl sites for hydroxylation is 1. The zero-order chi connectivity index (χ0) is 19.7. The minimum absolute atomic E-state index is 0.152. The van der Waals surface area contributed by atoms with E-state index in [1.165, 1.54) is 12.1 Å². The van der Waals surface area contributed by atoms with E-state index in [0.29, 0.717) is 10.8 Å². The molecule has 4 rings (SSSR count). The lowest BCUT2D eigenvalue weighted by molar-refractivity contribution is 0.122. The third-order valence-electron chi connectivity index (χ3n) is 5.11. The second-order valence-corrected chi connectivity index (χ2v) is 7.40. The Labute approximate surface area is 168 Å². The second kappa shape index (κ2) is 7.89. The van der Waals surface area contributed by atoms with Gasteiger partial charge in [0.1, 0.15) is 5.82 Å². The maximum atomic E-state index is 13.4. The Hall–Kier alpha value is -2.44. The Balaban J connectivity index is 1.70. The lowest BCUT2D eigenvalue weighted by Crippen LogP contribution is -2.36. The number of nitrogens with one attached hydrogen (secondary N) is 1. The van der Waals surface area contributed by atoms with Crippen LogP contribution in [0.25, 0.3) is 10.8 Å². The second-order valence-electron chi connectivity index (χ2n) is 7.00. The van der Waals surface area contributed by atoms with Gasteiger partial charge in [0.2, 0.25) is 0 Å². The van der Waals surface area contributed by atoms with E-state index in [1.807, 2.05) is 13.8 Å². The van der Waals surface area contributed by atoms with Crippen LogP contribution in [-0.4, -0.2) is 36.5 Å². The quantitative estimate of drug-likeness (QED) is 0.685. The summed E-state index contributed by atoms with van der Waals surface area (Å²) in [5.74, 6) is 0.334. The minimum Gasteiger partial charge on any atom is -0.378 e. The van der Waals surface area contributed by atoms with Gasteiger partial charge in [0, 0.05) is 34.6 Å². The van der Waals surface area contributed by atoms with E-state index in [4.69, 9.17) is 16.3 Å². The van der Waals surface area contributed by atoms with Gasteiger partial charge < -0.3 is 15.0 Å². The molecule has 1 N–H and O–H groups in total. The van der Waals surface area contributed by atoms with Gasteiger partial charge in [0.25, 0.3) is 0 Å². The van der Waals surface area contributed by atoms with E-state index in [1.54, 1.807) is 6.07 Å². The Bertz CT molecular complexity index is 1010. The SMILES string of the molecule is Cc1nnc(NC(C)c2ccc(F)cc2Cl)c2cc(N3CCOCC3)ccc12. The Morgan fingerprint density at radius 1 is 1.11 bits per heavy atom. The number of morpholine rings is 1. The molecule has 28 heavy (non-hydrogen) atoms. The van der Waals surface area contributed by atoms with Gasteiger partial charge in [-0.15, -0.1) is 5.10 Å². The highest BCUT2D eigenvalue weighted by Gasteiger charge is 2.16. The summed E-state index contributed by atoms with van der Waals surface area (Å²) in [6.45, 7) is 7.13. The molecule has 1 aliphatic heterocycles. The molecule has 1 unspecified atom stereocenters. The standard InChI is InChI=1S/C21H22ClFN4O/c1-13(18-5-3-15(23)11-20(18)22)24-21-19-12-16(27-7-9-28-10-8-27)4-6-17(19)14(2)25-26-21/h3-6,11-13H,7-10H2,1-2H3,(H,24,26). The van der Waals surface area contributed by atoms with Crippen molar-refractivity contribution in [3.63, 3.8) is 0 Å². The van der Waals surface area contributed by atoms with Crippen molar-refractivity contribution in [3.05, 3.63) is 58.5 Å². The molecule has 2 aromatic carbocycles. The van der Waals surface area contributed by atoms with Crippen LogP contribution >= 0.6 is 11.6 Å². The van der Waals surface area contributed by atoms with E-state index < -0.39 is 0 Å². The molecule has 1 fully saturated rings. The van der Waals surface area contributed by atoms with Crippen LogP contribution in [-0.2, 0) is 4.74 Å². The number of benzene rings is 2. The molecule has 0 aliphatic carbocycles. The molecular weight excluding hydrogens is 379 g/mol. The van der Waals surface area contributed by atoms with Gasteiger partial charge in [-0.2, -0.15) is 5.10 Å². The number of halogens is 2. The first kappa shape index (κ1) is 18.9. The highest BCUT2D eigenvalue weighted by atomic mass is 35.5. The van der Waals surface area contributed by atoms with Crippen LogP contribution in [0.1, 0.15) is 24.2 Å². The van der Waals surface area contributed by atoms with Crippen LogP contribution in [0.15, 0.2) is 36.4 Å². The number of ether oxygens (including phenoxy) is 1. The number of hydrogen-bond donors (Lipinski definition) is 1. The summed E-state index contributed by atoms with van der Waals surface area (Å²) in [6, 6.07) is 10.6. The van der Waals surface area contributed by atoms with E-state index in [-0.39, 0.29) is 11.9 Å². The summed E-state index contributed by atoms with van der Waals surface area (Å²) >= 11 is 6.23. The normalized spacial score (nSPS) is 15.6. The van der Waals surface area contributed by atoms with Crippen LogP contribution in [0, 0.1) is 12.7 Å². The highest BCUT2D eigenvalue weighted by molar-refractivity contribution is 6.31. The van der Waals surface area contributed by atoms with Gasteiger partial charge in [-0.3, -0.25) is 0 Å². The first-order valence-electron chi connectivity index (χ1n) is 9.34. The summed E-state index contributed by atoms with van der Waals surface area (Å²) in [5.41, 5.74) is 2.82. The lowest BCUT2D eigenvalue weighted by Gasteiger charge is -2.29. The molecule has 3 aromatic rings. The smallest absolute Gasteiger partial charge is 0.157 e. The van der Waals surface area contributed by atoms with Crippen molar-refractivity contribution in [2.24, 2.45) is 0 Å². The molecule has 146 valence electrons. The van der Waals surface area contributed by atoms with Crippen LogP contribution in [0.3, 0.4) is 0 Å². The van der Waals surface area contributed by atoms with Crippen molar-refractivity contribution in [2.45, 2.75) is 19.9 Å². The van der Waals surface area contributed by atoms with E-state index in [9.17, 15) is 4.39 Å². The first-order chi connectivity index (χ1) is 13.5. The molecular formula is C21H22ClFN4O. The molecule has 1 aliphatic rings. The third kappa shape index (κ3) is 3.75. The Kier molecular flexibility index (Phi) is 5.33. The third-order valence-corrected chi connectivity index (χ3v) is 5.43. The van der Waals surface area contributed by atoms with Crippen molar-refractivity contribution < 1.29 is 9.13 Å². The van der Waals surface area contributed by atoms with Gasteiger partial charge in [0.05, 0.1) is 24.9 Å². The van der Waals surface area contributed by atoms with Crippen molar-refractivity contribution in [2.75, 3.05) is 36.5 Å². The van der Waals surface area contributed by atoms with Gasteiger partial charge in [-0.05, 0) is 43.7 Å². The molecule has 5 nitrogen and oxygen atoms in total. The summed E-state index contributed by atoms with van der Waals surface area (Å²) in [6.07, 6.45) is 0. The van der Waals surface area contributed by atoms with Crippen LogP contribution in [0.5, 0.6) is 0 Å². The molecule has 2 heterocycles. The van der Waals surface area contributed by atoms with Crippen LogP contribution in [0.2, 0.25) is 5.02 Å². The molecule has 7 heteroatoms. The summed E-state index contributed by atoms with van der Waals surface area (Å²) in [7, 11) is 0. The molecule has 0 spiro atoms. The van der Waals surface area contributed by atoms with Crippen LogP contribution < -0.4 is 10.2 Å². The number of rotatable bonds is 4. The fraction of sp³-hybridized carbons (Fsp3) is 0.333. The molecule has 0 radical (unpaired) electrons. The highest BCUT2D eigenvalue weighted by Crippen LogP contribution is 2.32. The predicted octanol–water partition coefficient (Wildman–Crippen LogP) is 4.74. The molecule has 0 amide bonds. The summed E-state index contributed by atoms with van der Waals surface area (Å²) < 4.78 is 18.8. The van der Waals surface area contributed by atoms with Gasteiger partial charge in [-0.25, -0.2) is 4.39 Å². The molecule has 1 aromatic heterocycles. The average molecular weight is 401 g/mol. The van der Waals surface area contributed by atoms with Gasteiger partial charge in [-0.1, -0.05) is 23.7 Å². The zero-order valence-electron chi connectivity index (χ0n) is 15.9. The number of anilines is 2. The Morgan fingerprint density at radius 3 is 2.64 bits per heavy atom. The molecule has 1 saturated heterocycles. The van der Waals surface area contributed by atoms with Crippen molar-refractivity contribution >= 4 is 33.9 Å². The minimum atomic E-state index is -0.350. The maximum absolute atomic E-state index is 13.4. The van der Waals surface area contributed by atoms with Crippen LogP contribution in [0.4, 0.5) is 15.9 Å². The lowest BCUT2D eigenvalue weighted by atomic mass is 10.1. The predicted molar refractivity (Wildman–Crippen MR) is 111 cm³/mol. The summed E-state index contributed by atoms with van der Waals surface area (Å²) in [5, 5.41) is 14.5. The van der Waals surface area contributed by atoms with Crippen molar-refractivity contribution in [3.8, 4) is 0 Å². The first-order valence-corrected chi connectivity index (χ1v) is 9.72. The number of fused-ring (bicyclic) bond motifs is 1. The Morgan fingerprint density at radius 2 is 1.89 bits per heavy atom. The molecule has 0 bridgehead atoms. The maximum Gasteiger partial charge on any atom is 0.157 e. The van der Waals surface area contributed by atoms with E-state index in [0.717, 1.165) is 54.0 Å². The van der Waals surface area contributed by atoms with E-state index in [2.05, 4.69) is 38.6 Å². The summed E-state index contributed by atoms with van der Waals surface area (Å²) in [4.78, 5) is 2.31. The van der Waals surface area contributed by atoms with Crippen molar-refractivity contribution in [1.29, 1.82) is 0 Å². The largest absolute Gasteiger partial charge is 0.378 e. The fourth-order valence-corrected chi connectivity index (χ4v) is 3.87. The van der Waals surface area contributed by atoms with Crippen molar-refractivity contribution in [1.82, 2.24) is 10.2 Å². The fourth-order valence-electron chi connectivity index (χ4n) is 3.54. The zero-order valence-corrected chi connectivity index (χ0v) is 16.6. The number of aromatic nitrogens is 2. The van der Waals surface area contributed by atoms with Gasteiger partial charge >= 0.3 is 0 Å². The number of nitrogens with zero attached hydrogens (tertiary/aromatic N) is 3. The number of hydrogen-bond acceptors (Lipinski definition) is 5. The average Bonchev–Trinajstić information content (AvgIpc) is 2.70.